The van der Waals surface area contributed by atoms with E-state index in [0.29, 0.717) is 6.42 Å². The van der Waals surface area contributed by atoms with Gasteiger partial charge in [0, 0.05) is 0 Å². The van der Waals surface area contributed by atoms with Gasteiger partial charge in [-0.05, 0) is 20.3 Å². The molecule has 0 atom stereocenters. The van der Waals surface area contributed by atoms with E-state index in [1.54, 1.807) is 0 Å². The van der Waals surface area contributed by atoms with Crippen molar-refractivity contribution in [2.45, 2.75) is 52.4 Å². The molecule has 0 fully saturated rings. The number of carbonyl (C=O) groups is 2. The summed E-state index contributed by atoms with van der Waals surface area (Å²) >= 11 is 0. The number of hydrogen-bond donors (Lipinski definition) is 0. The second kappa shape index (κ2) is 8.19. The Labute approximate surface area is 120 Å². The Morgan fingerprint density at radius 3 is 2.05 bits per heavy atom. The normalized spacial score (nSPS) is 12.4. The van der Waals surface area contributed by atoms with Gasteiger partial charge in [0.15, 0.2) is 12.0 Å². The number of halogens is 4. The minimum Gasteiger partial charge on any atom is -0.465 e. The fraction of sp³-hybridized carbons (Fsp3) is 0.846. The van der Waals surface area contributed by atoms with Gasteiger partial charge in [0.25, 0.3) is 0 Å². The van der Waals surface area contributed by atoms with Crippen LogP contribution in [0.3, 0.4) is 0 Å². The van der Waals surface area contributed by atoms with Crippen molar-refractivity contribution in [3.63, 3.8) is 0 Å². The fourth-order valence-corrected chi connectivity index (χ4v) is 1.19. The summed E-state index contributed by atoms with van der Waals surface area (Å²) in [4.78, 5) is 23.2. The molecule has 0 spiro atoms. The van der Waals surface area contributed by atoms with Crippen molar-refractivity contribution in [1.29, 1.82) is 0 Å². The third-order valence-corrected chi connectivity index (χ3v) is 2.72. The summed E-state index contributed by atoms with van der Waals surface area (Å²) < 4.78 is 58.1. The highest BCUT2D eigenvalue weighted by molar-refractivity contribution is 5.99. The quantitative estimate of drug-likeness (QED) is 0.284. The summed E-state index contributed by atoms with van der Waals surface area (Å²) in [5.74, 6) is -6.72. The Bertz CT molecular complexity index is 356. The molecule has 8 heteroatoms. The van der Waals surface area contributed by atoms with E-state index in [9.17, 15) is 27.2 Å². The first-order valence-electron chi connectivity index (χ1n) is 6.56. The van der Waals surface area contributed by atoms with E-state index in [1.165, 1.54) is 0 Å². The smallest absolute Gasteiger partial charge is 0.340 e. The van der Waals surface area contributed by atoms with Gasteiger partial charge in [0.1, 0.15) is 0 Å². The van der Waals surface area contributed by atoms with Gasteiger partial charge in [-0.15, -0.1) is 0 Å². The molecule has 0 aromatic heterocycles. The highest BCUT2D eigenvalue weighted by Gasteiger charge is 2.45. The monoisotopic (exact) mass is 316 g/mol. The predicted molar refractivity (Wildman–Crippen MR) is 66.2 cm³/mol. The van der Waals surface area contributed by atoms with Crippen LogP contribution >= 0.6 is 0 Å². The standard InChI is InChI=1S/C13H20F4O4/c1-4-5-6-7-20-10(18)12(2,3)11(19)21-8-13(16,17)9(14)15/h9H,4-8H2,1-3H3. The van der Waals surface area contributed by atoms with Gasteiger partial charge in [0.2, 0.25) is 0 Å². The molecule has 0 heterocycles. The average molecular weight is 316 g/mol. The number of unbranched alkanes of at least 4 members (excludes halogenated alkanes) is 2. The van der Waals surface area contributed by atoms with E-state index in [-0.39, 0.29) is 6.61 Å². The molecule has 0 aliphatic carbocycles. The van der Waals surface area contributed by atoms with Gasteiger partial charge >= 0.3 is 24.3 Å². The van der Waals surface area contributed by atoms with Crippen LogP contribution in [0.2, 0.25) is 0 Å². The number of carbonyl (C=O) groups excluding carboxylic acids is 2. The van der Waals surface area contributed by atoms with Gasteiger partial charge in [-0.1, -0.05) is 19.8 Å². The third-order valence-electron chi connectivity index (χ3n) is 2.72. The highest BCUT2D eigenvalue weighted by Crippen LogP contribution is 2.26. The van der Waals surface area contributed by atoms with Crippen LogP contribution in [0.15, 0.2) is 0 Å². The lowest BCUT2D eigenvalue weighted by Gasteiger charge is -2.22. The molecule has 0 amide bonds. The Morgan fingerprint density at radius 2 is 1.57 bits per heavy atom. The summed E-state index contributed by atoms with van der Waals surface area (Å²) in [6.45, 7) is 2.51. The van der Waals surface area contributed by atoms with E-state index in [2.05, 4.69) is 4.74 Å². The van der Waals surface area contributed by atoms with Gasteiger partial charge in [-0.3, -0.25) is 9.59 Å². The zero-order chi connectivity index (χ0) is 16.7. The molecule has 21 heavy (non-hydrogen) atoms. The number of ether oxygens (including phenoxy) is 2. The topological polar surface area (TPSA) is 52.6 Å². The maximum Gasteiger partial charge on any atom is 0.340 e. The predicted octanol–water partition coefficient (Wildman–Crippen LogP) is 3.19. The molecule has 0 unspecified atom stereocenters. The van der Waals surface area contributed by atoms with Crippen LogP contribution in [0, 0.1) is 5.41 Å². The molecule has 4 nitrogen and oxygen atoms in total. The molecule has 0 rings (SSSR count). The molecule has 0 aliphatic heterocycles. The van der Waals surface area contributed by atoms with Crippen molar-refractivity contribution in [2.75, 3.05) is 13.2 Å². The largest absolute Gasteiger partial charge is 0.465 e. The van der Waals surface area contributed by atoms with Crippen molar-refractivity contribution in [3.8, 4) is 0 Å². The Morgan fingerprint density at radius 1 is 1.05 bits per heavy atom. The maximum absolute atomic E-state index is 12.6. The summed E-state index contributed by atoms with van der Waals surface area (Å²) in [5.41, 5.74) is -1.83. The second-order valence-corrected chi connectivity index (χ2v) is 5.11. The van der Waals surface area contributed by atoms with Gasteiger partial charge in [-0.2, -0.15) is 8.78 Å². The summed E-state index contributed by atoms with van der Waals surface area (Å²) in [6.07, 6.45) is -1.60. The van der Waals surface area contributed by atoms with Crippen molar-refractivity contribution >= 4 is 11.9 Å². The number of hydrogen-bond acceptors (Lipinski definition) is 4. The minimum absolute atomic E-state index is 0.0938. The molecule has 0 N–H and O–H groups in total. The minimum atomic E-state index is -4.45. The lowest BCUT2D eigenvalue weighted by Crippen LogP contribution is -2.40. The van der Waals surface area contributed by atoms with Crippen LogP contribution in [0.4, 0.5) is 17.6 Å². The number of alkyl halides is 4. The van der Waals surface area contributed by atoms with Crippen LogP contribution < -0.4 is 0 Å². The van der Waals surface area contributed by atoms with Crippen molar-refractivity contribution in [3.05, 3.63) is 0 Å². The van der Waals surface area contributed by atoms with Crippen LogP contribution in [0.5, 0.6) is 0 Å². The first-order valence-corrected chi connectivity index (χ1v) is 6.56. The van der Waals surface area contributed by atoms with Crippen molar-refractivity contribution < 1.29 is 36.6 Å². The van der Waals surface area contributed by atoms with Crippen molar-refractivity contribution in [1.82, 2.24) is 0 Å². The molecule has 124 valence electrons. The molecular weight excluding hydrogens is 296 g/mol. The van der Waals surface area contributed by atoms with Gasteiger partial charge in [-0.25, -0.2) is 8.78 Å². The van der Waals surface area contributed by atoms with E-state index in [0.717, 1.165) is 26.7 Å². The molecule has 0 saturated carbocycles. The molecule has 0 bridgehead atoms. The Kier molecular flexibility index (Phi) is 7.67. The van der Waals surface area contributed by atoms with Gasteiger partial charge < -0.3 is 9.47 Å². The van der Waals surface area contributed by atoms with E-state index < -0.39 is 36.3 Å². The molecule has 0 aliphatic rings. The first kappa shape index (κ1) is 19.7. The zero-order valence-electron chi connectivity index (χ0n) is 12.3. The highest BCUT2D eigenvalue weighted by atomic mass is 19.3. The summed E-state index contributed by atoms with van der Waals surface area (Å²) in [5, 5.41) is 0. The Balaban J connectivity index is 4.41. The molecular formula is C13H20F4O4. The van der Waals surface area contributed by atoms with Crippen LogP contribution in [0.25, 0.3) is 0 Å². The van der Waals surface area contributed by atoms with Crippen molar-refractivity contribution in [2.24, 2.45) is 5.41 Å². The van der Waals surface area contributed by atoms with Crippen LogP contribution in [0.1, 0.15) is 40.0 Å². The zero-order valence-corrected chi connectivity index (χ0v) is 12.3. The maximum atomic E-state index is 12.6. The number of rotatable bonds is 9. The lowest BCUT2D eigenvalue weighted by molar-refractivity contribution is -0.190. The molecule has 0 aromatic carbocycles. The average Bonchev–Trinajstić information content (AvgIpc) is 2.40. The lowest BCUT2D eigenvalue weighted by atomic mass is 9.94. The molecule has 0 aromatic rings. The van der Waals surface area contributed by atoms with Gasteiger partial charge in [0.05, 0.1) is 6.61 Å². The molecule has 0 radical (unpaired) electrons. The van der Waals surface area contributed by atoms with E-state index >= 15 is 0 Å². The number of esters is 2. The summed E-state index contributed by atoms with van der Waals surface area (Å²) in [6, 6.07) is 0. The Hall–Kier alpha value is -1.34. The van der Waals surface area contributed by atoms with Crippen LogP contribution in [-0.4, -0.2) is 37.5 Å². The second-order valence-electron chi connectivity index (χ2n) is 5.11. The van der Waals surface area contributed by atoms with Crippen LogP contribution in [-0.2, 0) is 19.1 Å². The third kappa shape index (κ3) is 6.31. The van der Waals surface area contributed by atoms with E-state index in [1.807, 2.05) is 6.92 Å². The summed E-state index contributed by atoms with van der Waals surface area (Å²) in [7, 11) is 0. The molecule has 0 saturated heterocycles. The SMILES string of the molecule is CCCCCOC(=O)C(C)(C)C(=O)OCC(F)(F)C(F)F. The first-order chi connectivity index (χ1) is 9.55. The van der Waals surface area contributed by atoms with E-state index in [4.69, 9.17) is 4.74 Å². The fourth-order valence-electron chi connectivity index (χ4n) is 1.19.